The molecule has 0 spiro atoms. The van der Waals surface area contributed by atoms with E-state index in [4.69, 9.17) is 44.5 Å². The fourth-order valence-corrected chi connectivity index (χ4v) is 2.49. The van der Waals surface area contributed by atoms with Crippen LogP contribution in [0.2, 0.25) is 0 Å². The average Bonchev–Trinajstić information content (AvgIpc) is 3.15. The molecule has 2 aliphatic rings. The molecule has 2 rings (SSSR count). The van der Waals surface area contributed by atoms with Crippen LogP contribution >= 0.6 is 0 Å². The van der Waals surface area contributed by atoms with Crippen LogP contribution in [0, 0.1) is 0 Å². The molecule has 0 bridgehead atoms. The molecule has 0 aromatic rings. The third kappa shape index (κ3) is 7.37. The zero-order valence-corrected chi connectivity index (χ0v) is 14.0. The topological polar surface area (TPSA) is 189 Å². The fraction of sp³-hybridized carbons (Fsp3) is 0.917. The Labute approximate surface area is 152 Å². The van der Waals surface area contributed by atoms with Crippen LogP contribution in [0.4, 0.5) is 4.79 Å². The summed E-state index contributed by atoms with van der Waals surface area (Å²) in [6.07, 6.45) is -4.61. The highest BCUT2D eigenvalue weighted by Crippen LogP contribution is 2.28. The van der Waals surface area contributed by atoms with Gasteiger partial charge < -0.3 is 28.8 Å². The first kappa shape index (κ1) is 22.1. The maximum absolute atomic E-state index is 11.6. The first-order chi connectivity index (χ1) is 12.9. The minimum Gasteiger partial charge on any atom is -0.432 e. The molecule has 2 aliphatic heterocycles. The van der Waals surface area contributed by atoms with Gasteiger partial charge in [0.1, 0.15) is 37.6 Å². The Hall–Kier alpha value is -1.21. The van der Waals surface area contributed by atoms with Crippen molar-refractivity contribution < 1.29 is 64.1 Å². The number of aliphatic hydroxyl groups excluding tert-OH is 1. The van der Waals surface area contributed by atoms with Crippen LogP contribution < -0.4 is 0 Å². The molecule has 15 heteroatoms. The van der Waals surface area contributed by atoms with Gasteiger partial charge in [-0.15, -0.1) is 0 Å². The van der Waals surface area contributed by atoms with Crippen molar-refractivity contribution in [2.45, 2.75) is 30.5 Å². The summed E-state index contributed by atoms with van der Waals surface area (Å²) in [4.78, 5) is 20.3. The molecule has 0 radical (unpaired) electrons. The third-order valence-electron chi connectivity index (χ3n) is 3.60. The number of rotatable bonds is 11. The third-order valence-corrected chi connectivity index (χ3v) is 3.60. The largest absolute Gasteiger partial charge is 0.508 e. The first-order valence-corrected chi connectivity index (χ1v) is 7.84. The van der Waals surface area contributed by atoms with Crippen molar-refractivity contribution in [2.24, 2.45) is 0 Å². The second-order valence-electron chi connectivity index (χ2n) is 5.52. The molecule has 0 amide bonds. The van der Waals surface area contributed by atoms with E-state index in [0.29, 0.717) is 0 Å². The normalized spacial score (nSPS) is 28.6. The summed E-state index contributed by atoms with van der Waals surface area (Å²) < 4.78 is 25.6. The Balaban J connectivity index is 1.58. The molecule has 27 heavy (non-hydrogen) atoms. The minimum atomic E-state index is -1.12. The molecule has 2 fully saturated rings. The number of ether oxygens (including phenoxy) is 5. The number of fused-ring (bicyclic) bond motifs is 1. The zero-order valence-electron chi connectivity index (χ0n) is 14.0. The van der Waals surface area contributed by atoms with Crippen molar-refractivity contribution >= 4 is 6.16 Å². The number of nitrogens with zero attached hydrogens (tertiary/aromatic N) is 2. The summed E-state index contributed by atoms with van der Waals surface area (Å²) in [5.74, 6) is 0. The lowest BCUT2D eigenvalue weighted by molar-refractivity contribution is -0.528. The number of aliphatic hydroxyl groups is 1. The van der Waals surface area contributed by atoms with Crippen LogP contribution in [0.25, 0.3) is 0 Å². The van der Waals surface area contributed by atoms with Gasteiger partial charge in [-0.25, -0.2) is 14.5 Å². The summed E-state index contributed by atoms with van der Waals surface area (Å²) in [5, 5.41) is 42.4. The molecule has 2 heterocycles. The predicted octanol–water partition coefficient (Wildman–Crippen LogP) is -1.92. The summed E-state index contributed by atoms with van der Waals surface area (Å²) in [7, 11) is 0. The monoisotopic (exact) mass is 402 g/mol. The number of carbonyl (C=O) groups is 1. The Bertz CT molecular complexity index is 453. The standard InChI is InChI=1S/C12H22N2O13/c15-8-5-23-11-9(6-24-10(8)11)26-12(16)22-2-1-21-3-7(27-14(19)20)4-25-13(17)18/h7-11,15,17-20H,1-6H2/t7?,8-,9-,10?,11-/m1/s1. The van der Waals surface area contributed by atoms with Crippen molar-refractivity contribution in [3.05, 3.63) is 0 Å². The minimum absolute atomic E-state index is 0.0859. The van der Waals surface area contributed by atoms with Gasteiger partial charge in [-0.3, -0.25) is 20.8 Å². The number of carbonyl (C=O) groups excluding carboxylic acids is 1. The van der Waals surface area contributed by atoms with E-state index in [1.54, 1.807) is 0 Å². The van der Waals surface area contributed by atoms with Gasteiger partial charge in [0.2, 0.25) is 0 Å². The van der Waals surface area contributed by atoms with Gasteiger partial charge in [-0.05, 0) is 0 Å². The van der Waals surface area contributed by atoms with Crippen LogP contribution in [-0.2, 0) is 33.4 Å². The van der Waals surface area contributed by atoms with E-state index in [0.717, 1.165) is 0 Å². The van der Waals surface area contributed by atoms with Gasteiger partial charge in [0.05, 0.1) is 37.2 Å². The first-order valence-electron chi connectivity index (χ1n) is 7.84. The number of hydrogen-bond donors (Lipinski definition) is 5. The van der Waals surface area contributed by atoms with Crippen LogP contribution in [0.5, 0.6) is 0 Å². The summed E-state index contributed by atoms with van der Waals surface area (Å²) in [5.41, 5.74) is 0. The van der Waals surface area contributed by atoms with Gasteiger partial charge in [0.25, 0.3) is 0 Å². The molecule has 5 N–H and O–H groups in total. The molecule has 0 aromatic carbocycles. The van der Waals surface area contributed by atoms with Crippen molar-refractivity contribution in [1.82, 2.24) is 10.8 Å². The van der Waals surface area contributed by atoms with Gasteiger partial charge in [-0.1, -0.05) is 0 Å². The van der Waals surface area contributed by atoms with E-state index in [-0.39, 0.29) is 33.0 Å². The van der Waals surface area contributed by atoms with Gasteiger partial charge >= 0.3 is 6.16 Å². The highest BCUT2D eigenvalue weighted by Gasteiger charge is 2.49. The van der Waals surface area contributed by atoms with E-state index in [1.165, 1.54) is 0 Å². The van der Waals surface area contributed by atoms with Crippen molar-refractivity contribution in [3.8, 4) is 0 Å². The van der Waals surface area contributed by atoms with Crippen LogP contribution in [-0.4, -0.2) is 113 Å². The SMILES string of the molecule is O=C(OCCOCC(CON(O)O)ON(O)O)O[C@@H]1COC2[C@H](O)CO[C@@H]21. The Morgan fingerprint density at radius 3 is 2.48 bits per heavy atom. The van der Waals surface area contributed by atoms with E-state index in [9.17, 15) is 9.90 Å². The Kier molecular flexibility index (Phi) is 8.96. The smallest absolute Gasteiger partial charge is 0.432 e. The van der Waals surface area contributed by atoms with E-state index in [1.807, 2.05) is 0 Å². The molecule has 158 valence electrons. The van der Waals surface area contributed by atoms with Crippen molar-refractivity contribution in [1.29, 1.82) is 0 Å². The number of hydrogen-bond acceptors (Lipinski definition) is 15. The molecule has 2 saturated heterocycles. The molecule has 0 aromatic heterocycles. The highest BCUT2D eigenvalue weighted by molar-refractivity contribution is 5.60. The maximum atomic E-state index is 11.6. The molecule has 15 nitrogen and oxygen atoms in total. The molecular formula is C12H22N2O13. The lowest BCUT2D eigenvalue weighted by atomic mass is 10.1. The van der Waals surface area contributed by atoms with Crippen molar-refractivity contribution in [3.63, 3.8) is 0 Å². The molecule has 0 saturated carbocycles. The van der Waals surface area contributed by atoms with Crippen LogP contribution in [0.1, 0.15) is 0 Å². The summed E-state index contributed by atoms with van der Waals surface area (Å²) in [6, 6.07) is 0. The van der Waals surface area contributed by atoms with Gasteiger partial charge in [0.15, 0.2) is 6.10 Å². The van der Waals surface area contributed by atoms with Crippen LogP contribution in [0.3, 0.4) is 0 Å². The maximum Gasteiger partial charge on any atom is 0.508 e. The van der Waals surface area contributed by atoms with Crippen molar-refractivity contribution in [2.75, 3.05) is 39.6 Å². The average molecular weight is 402 g/mol. The van der Waals surface area contributed by atoms with E-state index in [2.05, 4.69) is 9.68 Å². The second kappa shape index (κ2) is 11.0. The highest BCUT2D eigenvalue weighted by atomic mass is 17.1. The molecule has 5 atom stereocenters. The van der Waals surface area contributed by atoms with Crippen LogP contribution in [0.15, 0.2) is 0 Å². The Morgan fingerprint density at radius 1 is 1.04 bits per heavy atom. The lowest BCUT2D eigenvalue weighted by Crippen LogP contribution is -2.35. The molecule has 0 aliphatic carbocycles. The van der Waals surface area contributed by atoms with Gasteiger partial charge in [-0.2, -0.15) is 0 Å². The molecule has 2 unspecified atom stereocenters. The molecular weight excluding hydrogens is 380 g/mol. The fourth-order valence-electron chi connectivity index (χ4n) is 2.49. The zero-order chi connectivity index (χ0) is 19.8. The second-order valence-corrected chi connectivity index (χ2v) is 5.52. The summed E-state index contributed by atoms with van der Waals surface area (Å²) in [6.45, 7) is -0.863. The Morgan fingerprint density at radius 2 is 1.78 bits per heavy atom. The van der Waals surface area contributed by atoms with Gasteiger partial charge in [0, 0.05) is 0 Å². The lowest BCUT2D eigenvalue weighted by Gasteiger charge is -2.19. The van der Waals surface area contributed by atoms with E-state index >= 15 is 0 Å². The van der Waals surface area contributed by atoms with E-state index < -0.39 is 54.1 Å². The predicted molar refractivity (Wildman–Crippen MR) is 74.2 cm³/mol. The summed E-state index contributed by atoms with van der Waals surface area (Å²) >= 11 is 0. The quantitative estimate of drug-likeness (QED) is 0.146.